The number of esters is 4. The van der Waals surface area contributed by atoms with Crippen LogP contribution in [-0.4, -0.2) is 76.5 Å². The maximum absolute atomic E-state index is 12.3. The van der Waals surface area contributed by atoms with Gasteiger partial charge >= 0.3 is 23.9 Å². The molecular formula is C27H30O11. The first-order chi connectivity index (χ1) is 17.9. The Morgan fingerprint density at radius 1 is 0.789 bits per heavy atom. The van der Waals surface area contributed by atoms with Crippen LogP contribution in [0.4, 0.5) is 0 Å². The molecule has 0 bridgehead atoms. The van der Waals surface area contributed by atoms with Crippen molar-refractivity contribution >= 4 is 30.2 Å². The first-order valence-corrected chi connectivity index (χ1v) is 13.6. The van der Waals surface area contributed by atoms with Crippen molar-refractivity contribution in [3.05, 3.63) is 0 Å². The summed E-state index contributed by atoms with van der Waals surface area (Å²) in [4.78, 5) is 60.3. The number of hydrogen-bond acceptors (Lipinski definition) is 11. The largest absolute Gasteiger partial charge is 0.456 e. The second-order valence-corrected chi connectivity index (χ2v) is 13.8. The van der Waals surface area contributed by atoms with E-state index < -0.39 is 66.4 Å². The van der Waals surface area contributed by atoms with Gasteiger partial charge in [0.15, 0.2) is 19.3 Å². The van der Waals surface area contributed by atoms with Gasteiger partial charge in [-0.2, -0.15) is 0 Å². The van der Waals surface area contributed by atoms with Crippen molar-refractivity contribution in [2.45, 2.75) is 80.7 Å². The second kappa shape index (κ2) is 6.60. The highest BCUT2D eigenvalue weighted by Gasteiger charge is 2.92. The first kappa shape index (κ1) is 23.4. The van der Waals surface area contributed by atoms with Gasteiger partial charge in [-0.15, -0.1) is 0 Å². The third-order valence-electron chi connectivity index (χ3n) is 11.8. The van der Waals surface area contributed by atoms with Crippen molar-refractivity contribution < 1.29 is 53.1 Å². The zero-order valence-electron chi connectivity index (χ0n) is 20.8. The lowest BCUT2D eigenvalue weighted by molar-refractivity contribution is -0.314. The Labute approximate surface area is 217 Å². The molecule has 0 aromatic carbocycles. The van der Waals surface area contributed by atoms with E-state index >= 15 is 0 Å². The quantitative estimate of drug-likeness (QED) is 0.222. The maximum atomic E-state index is 12.3. The molecule has 2 N–H and O–H groups in total. The fraction of sp³-hybridized carbons (Fsp3) is 0.815. The van der Waals surface area contributed by atoms with Gasteiger partial charge in [-0.1, -0.05) is 0 Å². The van der Waals surface area contributed by atoms with Crippen molar-refractivity contribution in [2.75, 3.05) is 13.2 Å². The van der Waals surface area contributed by atoms with E-state index in [0.717, 1.165) is 44.8 Å². The smallest absolute Gasteiger partial charge is 0.344 e. The van der Waals surface area contributed by atoms with Crippen LogP contribution < -0.4 is 0 Å². The van der Waals surface area contributed by atoms with E-state index in [0.29, 0.717) is 24.7 Å². The van der Waals surface area contributed by atoms with Gasteiger partial charge in [-0.3, -0.25) is 4.79 Å². The summed E-state index contributed by atoms with van der Waals surface area (Å²) < 4.78 is 20.9. The summed E-state index contributed by atoms with van der Waals surface area (Å²) in [5, 5.41) is 20.6. The van der Waals surface area contributed by atoms with Gasteiger partial charge in [0.25, 0.3) is 0 Å². The van der Waals surface area contributed by atoms with Crippen molar-refractivity contribution in [1.29, 1.82) is 0 Å². The molecule has 0 heterocycles. The predicted molar refractivity (Wildman–Crippen MR) is 119 cm³/mol. The van der Waals surface area contributed by atoms with Gasteiger partial charge in [-0.25, -0.2) is 14.4 Å². The average Bonchev–Trinajstić information content (AvgIpc) is 3.67. The first-order valence-electron chi connectivity index (χ1n) is 13.6. The molecule has 11 nitrogen and oxygen atoms in total. The molecule has 11 heteroatoms. The van der Waals surface area contributed by atoms with E-state index in [1.165, 1.54) is 0 Å². The number of carbonyl (C=O) groups is 5. The van der Waals surface area contributed by atoms with Crippen LogP contribution in [0.5, 0.6) is 0 Å². The Kier molecular flexibility index (Phi) is 4.06. The molecule has 8 saturated carbocycles. The van der Waals surface area contributed by atoms with Gasteiger partial charge in [0.05, 0.1) is 12.0 Å². The molecule has 204 valence electrons. The molecule has 38 heavy (non-hydrogen) atoms. The molecule has 0 saturated heterocycles. The van der Waals surface area contributed by atoms with E-state index in [1.807, 2.05) is 0 Å². The summed E-state index contributed by atoms with van der Waals surface area (Å²) >= 11 is 0. The SMILES string of the molecule is O=CC12CC3CC34CC(OC(=O)COC(=O)CC(O)C(=O)OCC(=O)OC35CC6(O)CC7CC7(C3)C65)(C1)C24. The number of aldehydes is 1. The lowest BCUT2D eigenvalue weighted by Crippen LogP contribution is -2.75. The monoisotopic (exact) mass is 530 g/mol. The number of aliphatic hydroxyl groups excluding tert-OH is 1. The van der Waals surface area contributed by atoms with Gasteiger partial charge in [0.2, 0.25) is 0 Å². The van der Waals surface area contributed by atoms with Gasteiger partial charge < -0.3 is 34.0 Å². The Bertz CT molecular complexity index is 1220. The fourth-order valence-corrected chi connectivity index (χ4v) is 11.1. The highest BCUT2D eigenvalue weighted by molar-refractivity contribution is 5.84. The highest BCUT2D eigenvalue weighted by Crippen LogP contribution is 2.91. The normalized spacial score (nSPS) is 52.5. The summed E-state index contributed by atoms with van der Waals surface area (Å²) in [5.41, 5.74) is -2.13. The Balaban J connectivity index is 0.758. The zero-order valence-corrected chi connectivity index (χ0v) is 20.8. The van der Waals surface area contributed by atoms with E-state index in [4.69, 9.17) is 18.9 Å². The molecule has 0 radical (unpaired) electrons. The molecule has 2 spiro atoms. The highest BCUT2D eigenvalue weighted by atomic mass is 16.6. The van der Waals surface area contributed by atoms with Crippen LogP contribution in [0.25, 0.3) is 0 Å². The lowest BCUT2D eigenvalue weighted by Gasteiger charge is -2.68. The molecule has 0 aliphatic heterocycles. The minimum atomic E-state index is -1.87. The van der Waals surface area contributed by atoms with Crippen LogP contribution in [0.2, 0.25) is 0 Å². The summed E-state index contributed by atoms with van der Waals surface area (Å²) in [5.74, 6) is -2.57. The average molecular weight is 531 g/mol. The van der Waals surface area contributed by atoms with Crippen LogP contribution in [0.1, 0.15) is 57.8 Å². The minimum Gasteiger partial charge on any atom is -0.456 e. The van der Waals surface area contributed by atoms with Crippen molar-refractivity contribution in [3.63, 3.8) is 0 Å². The Morgan fingerprint density at radius 3 is 2.05 bits per heavy atom. The summed E-state index contributed by atoms with van der Waals surface area (Å²) in [6, 6.07) is 0. The van der Waals surface area contributed by atoms with Crippen LogP contribution in [-0.2, 0) is 42.9 Å². The maximum Gasteiger partial charge on any atom is 0.344 e. The molecular weight excluding hydrogens is 500 g/mol. The van der Waals surface area contributed by atoms with Crippen LogP contribution >= 0.6 is 0 Å². The van der Waals surface area contributed by atoms with Gasteiger partial charge in [0, 0.05) is 30.1 Å². The number of rotatable bonds is 10. The number of carbonyl (C=O) groups excluding carboxylic acids is 5. The molecule has 8 fully saturated rings. The molecule has 0 aromatic rings. The lowest BCUT2D eigenvalue weighted by atomic mass is 9.39. The molecule has 8 rings (SSSR count). The van der Waals surface area contributed by atoms with E-state index in [-0.39, 0.29) is 28.1 Å². The number of hydrogen-bond donors (Lipinski definition) is 2. The Hall–Kier alpha value is -2.53. The topological polar surface area (TPSA) is 163 Å². The molecule has 0 amide bonds. The standard InChI is InChI=1S/C27H30O11/c28-12-22-2-13-3-23(13)9-26(8-22,20(22)23)37-17(31)6-35-16(30)1-15(29)19(33)36-7-18(32)38-27-10-24-4-14(24)5-25(34,11-27)21(24)27/h12-15,20-21,29,34H,1-11H2. The summed E-state index contributed by atoms with van der Waals surface area (Å²) in [7, 11) is 0. The third-order valence-corrected chi connectivity index (χ3v) is 11.8. The minimum absolute atomic E-state index is 0.0372. The molecule has 8 aliphatic carbocycles. The van der Waals surface area contributed by atoms with Crippen molar-refractivity contribution in [3.8, 4) is 0 Å². The summed E-state index contributed by atoms with van der Waals surface area (Å²) in [6.07, 6.45) is 4.57. The predicted octanol–water partition coefficient (Wildman–Crippen LogP) is -0.0286. The Morgan fingerprint density at radius 2 is 1.39 bits per heavy atom. The third kappa shape index (κ3) is 2.60. The summed E-state index contributed by atoms with van der Waals surface area (Å²) in [6.45, 7) is -1.38. The van der Waals surface area contributed by atoms with Gasteiger partial charge in [-0.05, 0) is 61.2 Å². The molecule has 8 aliphatic rings. The van der Waals surface area contributed by atoms with E-state index in [1.54, 1.807) is 0 Å². The fourth-order valence-electron chi connectivity index (χ4n) is 11.1. The zero-order chi connectivity index (χ0) is 26.5. The van der Waals surface area contributed by atoms with Crippen LogP contribution in [0.15, 0.2) is 0 Å². The van der Waals surface area contributed by atoms with E-state index in [9.17, 15) is 34.2 Å². The second-order valence-electron chi connectivity index (χ2n) is 13.8. The van der Waals surface area contributed by atoms with Gasteiger partial charge in [0.1, 0.15) is 17.5 Å². The van der Waals surface area contributed by atoms with E-state index in [2.05, 4.69) is 0 Å². The molecule has 11 atom stereocenters. The number of ether oxygens (including phenoxy) is 4. The number of aliphatic hydroxyl groups is 2. The van der Waals surface area contributed by atoms with Crippen molar-refractivity contribution in [2.24, 2.45) is 39.9 Å². The van der Waals surface area contributed by atoms with Crippen LogP contribution in [0, 0.1) is 39.9 Å². The molecule has 0 aromatic heterocycles. The molecule has 11 unspecified atom stereocenters. The van der Waals surface area contributed by atoms with Crippen molar-refractivity contribution in [1.82, 2.24) is 0 Å². The van der Waals surface area contributed by atoms with Crippen LogP contribution in [0.3, 0.4) is 0 Å².